The average molecular weight is 409 g/mol. The van der Waals surface area contributed by atoms with E-state index in [0.29, 0.717) is 6.42 Å². The number of nitrogens with one attached hydrogen (secondary N) is 1. The van der Waals surface area contributed by atoms with E-state index in [0.717, 1.165) is 26.9 Å². The van der Waals surface area contributed by atoms with Crippen LogP contribution in [0.5, 0.6) is 0 Å². The summed E-state index contributed by atoms with van der Waals surface area (Å²) in [6.07, 6.45) is 4.60. The first-order valence-corrected chi connectivity index (χ1v) is 11.8. The van der Waals surface area contributed by atoms with Crippen LogP contribution in [0.4, 0.5) is 0 Å². The minimum absolute atomic E-state index is 0.106. The van der Waals surface area contributed by atoms with Gasteiger partial charge in [-0.15, -0.1) is 17.9 Å². The molecule has 0 amide bonds. The lowest BCUT2D eigenvalue weighted by molar-refractivity contribution is 0.568. The molecule has 5 heteroatoms. The van der Waals surface area contributed by atoms with Crippen molar-refractivity contribution in [3.05, 3.63) is 95.0 Å². The minimum atomic E-state index is -3.02. The molecule has 0 aliphatic carbocycles. The van der Waals surface area contributed by atoms with E-state index >= 15 is 0 Å². The van der Waals surface area contributed by atoms with Gasteiger partial charge in [0, 0.05) is 22.0 Å². The van der Waals surface area contributed by atoms with E-state index in [2.05, 4.69) is 29.6 Å². The van der Waals surface area contributed by atoms with Crippen molar-refractivity contribution in [2.75, 3.05) is 0 Å². The fourth-order valence-electron chi connectivity index (χ4n) is 3.08. The molecule has 0 bridgehead atoms. The summed E-state index contributed by atoms with van der Waals surface area (Å²) in [5.74, 6) is 0. The normalized spacial score (nSPS) is 13.3. The van der Waals surface area contributed by atoms with E-state index in [1.165, 1.54) is 0 Å². The van der Waals surface area contributed by atoms with Gasteiger partial charge in [0.05, 0.1) is 10.7 Å². The number of hydrogen-bond acceptors (Lipinski definition) is 3. The van der Waals surface area contributed by atoms with Crippen LogP contribution in [-0.4, -0.2) is 11.0 Å². The Hall–Kier alpha value is -2.26. The Balaban J connectivity index is 2.01. The zero-order valence-corrected chi connectivity index (χ0v) is 17.9. The Bertz CT molecular complexity index is 952. The van der Waals surface area contributed by atoms with E-state index < -0.39 is 7.29 Å². The second kappa shape index (κ2) is 9.29. The molecule has 3 aromatic rings. The lowest BCUT2D eigenvalue weighted by Crippen LogP contribution is -2.35. The molecule has 2 aromatic carbocycles. The third kappa shape index (κ3) is 4.77. The van der Waals surface area contributed by atoms with Crippen molar-refractivity contribution in [1.82, 2.24) is 10.1 Å². The van der Waals surface area contributed by atoms with Crippen molar-refractivity contribution in [2.24, 2.45) is 0 Å². The molecule has 0 saturated carbocycles. The van der Waals surface area contributed by atoms with Crippen molar-refractivity contribution >= 4 is 35.3 Å². The Kier molecular flexibility index (Phi) is 6.79. The van der Waals surface area contributed by atoms with Crippen LogP contribution in [0.3, 0.4) is 0 Å². The highest BCUT2D eigenvalue weighted by atomic mass is 32.1. The molecule has 1 heterocycles. The smallest absolute Gasteiger partial charge is 0.205 e. The van der Waals surface area contributed by atoms with Crippen LogP contribution in [-0.2, 0) is 4.57 Å². The summed E-state index contributed by atoms with van der Waals surface area (Å²) in [7, 11) is -3.02. The molecule has 3 nitrogen and oxygen atoms in total. The minimum Gasteiger partial charge on any atom is -0.297 e. The van der Waals surface area contributed by atoms with Crippen molar-refractivity contribution in [3.63, 3.8) is 0 Å². The maximum absolute atomic E-state index is 14.3. The molecule has 3 rings (SSSR count). The summed E-state index contributed by atoms with van der Waals surface area (Å²) < 4.78 is 14.3. The Morgan fingerprint density at radius 1 is 1.14 bits per heavy atom. The zero-order chi connectivity index (χ0) is 20.0. The average Bonchev–Trinajstić information content (AvgIpc) is 3.13. The fraction of sp³-hybridized carbons (Fsp3) is 0.174. The predicted octanol–water partition coefficient (Wildman–Crippen LogP) is 5.32. The molecule has 1 N–H and O–H groups in total. The van der Waals surface area contributed by atoms with E-state index in [4.69, 9.17) is 0 Å². The predicted molar refractivity (Wildman–Crippen MR) is 122 cm³/mol. The quantitative estimate of drug-likeness (QED) is 0.405. The van der Waals surface area contributed by atoms with Crippen LogP contribution >= 0.6 is 18.6 Å². The number of benzene rings is 2. The van der Waals surface area contributed by atoms with Crippen molar-refractivity contribution in [1.29, 1.82) is 0 Å². The maximum atomic E-state index is 14.3. The molecule has 28 heavy (non-hydrogen) atoms. The molecule has 1 atom stereocenters. The third-order valence-corrected chi connectivity index (χ3v) is 8.06. The number of aromatic nitrogens is 1. The van der Waals surface area contributed by atoms with Gasteiger partial charge in [-0.2, -0.15) is 0 Å². The van der Waals surface area contributed by atoms with Gasteiger partial charge in [-0.3, -0.25) is 9.65 Å². The first-order valence-electron chi connectivity index (χ1n) is 9.23. The molecule has 0 unspecified atom stereocenters. The highest BCUT2D eigenvalue weighted by Crippen LogP contribution is 2.40. The Morgan fingerprint density at radius 3 is 2.18 bits per heavy atom. The van der Waals surface area contributed by atoms with Gasteiger partial charge in [0.2, 0.25) is 7.29 Å². The fourth-order valence-corrected chi connectivity index (χ4v) is 6.18. The van der Waals surface area contributed by atoms with Crippen LogP contribution in [0, 0.1) is 6.92 Å². The Morgan fingerprint density at radius 2 is 1.71 bits per heavy atom. The monoisotopic (exact) mass is 408 g/mol. The molecule has 0 saturated heterocycles. The number of aryl methyl sites for hydroxylation is 1. The van der Waals surface area contributed by atoms with Crippen LogP contribution in [0.2, 0.25) is 0 Å². The molecule has 144 valence electrons. The van der Waals surface area contributed by atoms with Crippen molar-refractivity contribution < 1.29 is 4.57 Å². The highest BCUT2D eigenvalue weighted by Gasteiger charge is 2.30. The molecule has 0 aliphatic heterocycles. The molecule has 1 aromatic heterocycles. The summed E-state index contributed by atoms with van der Waals surface area (Å²) in [5, 5.41) is 8.15. The topological polar surface area (TPSA) is 42.0 Å². The molecular formula is C23H25N2OPS. The zero-order valence-electron chi connectivity index (χ0n) is 16.2. The molecule has 0 aliphatic rings. The van der Waals surface area contributed by atoms with E-state index in [-0.39, 0.29) is 6.04 Å². The third-order valence-electron chi connectivity index (χ3n) is 4.54. The lowest BCUT2D eigenvalue weighted by atomic mass is 10.1. The van der Waals surface area contributed by atoms with Gasteiger partial charge in [0.25, 0.3) is 0 Å². The van der Waals surface area contributed by atoms with E-state index in [1.54, 1.807) is 11.3 Å². The molecule has 0 radical (unpaired) electrons. The SMILES string of the molecule is C=CC[C@@H](NP(=O)(c1ccccc1)c1ccccc1)/C(C)=C/c1csc(C)n1. The number of nitrogens with zero attached hydrogens (tertiary/aromatic N) is 1. The second-order valence-corrected chi connectivity index (χ2v) is 10.2. The van der Waals surface area contributed by atoms with Crippen LogP contribution < -0.4 is 15.7 Å². The maximum Gasteiger partial charge on any atom is 0.205 e. The largest absolute Gasteiger partial charge is 0.297 e. The van der Waals surface area contributed by atoms with E-state index in [1.807, 2.05) is 79.0 Å². The Labute approximate surface area is 171 Å². The first kappa shape index (κ1) is 20.5. The second-order valence-electron chi connectivity index (χ2n) is 6.67. The molecule has 0 fully saturated rings. The van der Waals surface area contributed by atoms with Crippen LogP contribution in [0.1, 0.15) is 24.0 Å². The summed E-state index contributed by atoms with van der Waals surface area (Å²) >= 11 is 1.63. The highest BCUT2D eigenvalue weighted by molar-refractivity contribution is 7.76. The van der Waals surface area contributed by atoms with Crippen LogP contribution in [0.25, 0.3) is 6.08 Å². The van der Waals surface area contributed by atoms with Gasteiger partial charge in [-0.25, -0.2) is 4.98 Å². The number of hydrogen-bond donors (Lipinski definition) is 1. The number of thiazole rings is 1. The van der Waals surface area contributed by atoms with Crippen LogP contribution in [0.15, 0.2) is 84.3 Å². The van der Waals surface area contributed by atoms with Gasteiger partial charge < -0.3 is 0 Å². The van der Waals surface area contributed by atoms with Gasteiger partial charge in [-0.1, -0.05) is 48.0 Å². The van der Waals surface area contributed by atoms with Gasteiger partial charge >= 0.3 is 0 Å². The summed E-state index contributed by atoms with van der Waals surface area (Å²) in [5.41, 5.74) is 2.02. The lowest BCUT2D eigenvalue weighted by Gasteiger charge is -2.27. The van der Waals surface area contributed by atoms with Gasteiger partial charge in [0.1, 0.15) is 0 Å². The summed E-state index contributed by atoms with van der Waals surface area (Å²) in [6, 6.07) is 19.2. The standard InChI is InChI=1S/C23H25N2OPS/c1-4-11-23(18(2)16-20-17-28-19(3)24-20)25-27(26,21-12-7-5-8-13-21)22-14-9-6-10-15-22/h4-10,12-17,23H,1,11H2,2-3H3,(H,25,26)/b18-16+/t23-/m1/s1. The van der Waals surface area contributed by atoms with Gasteiger partial charge in [-0.05, 0) is 50.6 Å². The number of rotatable bonds is 8. The summed E-state index contributed by atoms with van der Waals surface area (Å²) in [4.78, 5) is 4.53. The molecule has 0 spiro atoms. The summed E-state index contributed by atoms with van der Waals surface area (Å²) in [6.45, 7) is 7.95. The molecular weight excluding hydrogens is 383 g/mol. The van der Waals surface area contributed by atoms with Gasteiger partial charge in [0.15, 0.2) is 0 Å². The van der Waals surface area contributed by atoms with Crippen molar-refractivity contribution in [2.45, 2.75) is 26.3 Å². The first-order chi connectivity index (χ1) is 13.5. The van der Waals surface area contributed by atoms with E-state index in [9.17, 15) is 4.57 Å². The van der Waals surface area contributed by atoms with Crippen molar-refractivity contribution in [3.8, 4) is 0 Å².